The first-order valence-electron chi connectivity index (χ1n) is 8.08. The van der Waals surface area contributed by atoms with Crippen molar-refractivity contribution < 1.29 is 14.6 Å². The molecule has 0 aromatic heterocycles. The maximum atomic E-state index is 10.6. The summed E-state index contributed by atoms with van der Waals surface area (Å²) >= 11 is 6.29. The number of ether oxygens (including phenoxy) is 2. The molecular weight excluding hydrogens is 302 g/mol. The predicted octanol–water partition coefficient (Wildman–Crippen LogP) is 2.88. The lowest BCUT2D eigenvalue weighted by Gasteiger charge is -2.28. The number of halogens is 1. The molecule has 0 amide bonds. The molecule has 2 atom stereocenters. The van der Waals surface area contributed by atoms with Gasteiger partial charge >= 0.3 is 0 Å². The minimum Gasteiger partial charge on any atom is -0.484 e. The molecular formula is C17H24ClNO3. The van der Waals surface area contributed by atoms with Gasteiger partial charge in [0.1, 0.15) is 11.9 Å². The van der Waals surface area contributed by atoms with E-state index in [1.165, 1.54) is 12.8 Å². The molecule has 22 heavy (non-hydrogen) atoms. The number of hydrogen-bond donors (Lipinski definition) is 1. The van der Waals surface area contributed by atoms with Gasteiger partial charge in [0.15, 0.2) is 0 Å². The van der Waals surface area contributed by atoms with Gasteiger partial charge in [0, 0.05) is 6.54 Å². The summed E-state index contributed by atoms with van der Waals surface area (Å²) in [7, 11) is 0. The fourth-order valence-electron chi connectivity index (χ4n) is 3.06. The van der Waals surface area contributed by atoms with Gasteiger partial charge in [-0.1, -0.05) is 24.6 Å². The molecule has 1 N–H and O–H groups in total. The smallest absolute Gasteiger partial charge is 0.145 e. The second kappa shape index (κ2) is 7.18. The van der Waals surface area contributed by atoms with Gasteiger partial charge in [-0.05, 0) is 49.5 Å². The number of nitrogens with zero attached hydrogens (tertiary/aromatic N) is 1. The highest BCUT2D eigenvalue weighted by Gasteiger charge is 2.24. The SMILES string of the molecule is C[C@H](CN1CCCC1)C(O)c1ccc(OC2COC2)c(Cl)c1. The van der Waals surface area contributed by atoms with E-state index in [2.05, 4.69) is 11.8 Å². The zero-order valence-electron chi connectivity index (χ0n) is 13.0. The van der Waals surface area contributed by atoms with Crippen LogP contribution in [0.1, 0.15) is 31.4 Å². The second-order valence-electron chi connectivity index (χ2n) is 6.40. The molecule has 2 fully saturated rings. The van der Waals surface area contributed by atoms with Gasteiger partial charge in [-0.15, -0.1) is 0 Å². The van der Waals surface area contributed by atoms with E-state index < -0.39 is 6.10 Å². The van der Waals surface area contributed by atoms with E-state index in [9.17, 15) is 5.11 Å². The lowest BCUT2D eigenvalue weighted by atomic mass is 9.97. The van der Waals surface area contributed by atoms with Gasteiger partial charge in [0.05, 0.1) is 24.3 Å². The molecule has 0 bridgehead atoms. The van der Waals surface area contributed by atoms with Crippen molar-refractivity contribution in [2.45, 2.75) is 32.0 Å². The Bertz CT molecular complexity index is 501. The number of likely N-dealkylation sites (tertiary alicyclic amines) is 1. The Morgan fingerprint density at radius 2 is 2.09 bits per heavy atom. The molecule has 0 saturated carbocycles. The van der Waals surface area contributed by atoms with Crippen LogP contribution in [0.3, 0.4) is 0 Å². The van der Waals surface area contributed by atoms with Crippen molar-refractivity contribution in [3.8, 4) is 5.75 Å². The minimum absolute atomic E-state index is 0.0994. The first-order chi connectivity index (χ1) is 10.6. The highest BCUT2D eigenvalue weighted by Crippen LogP contribution is 2.32. The average Bonchev–Trinajstić information content (AvgIpc) is 2.96. The number of benzene rings is 1. The summed E-state index contributed by atoms with van der Waals surface area (Å²) in [6, 6.07) is 5.58. The molecule has 2 heterocycles. The zero-order valence-corrected chi connectivity index (χ0v) is 13.8. The van der Waals surface area contributed by atoms with Gasteiger partial charge in [-0.25, -0.2) is 0 Å². The quantitative estimate of drug-likeness (QED) is 0.873. The van der Waals surface area contributed by atoms with E-state index in [4.69, 9.17) is 21.1 Å². The average molecular weight is 326 g/mol. The molecule has 2 aliphatic rings. The predicted molar refractivity (Wildman–Crippen MR) is 86.5 cm³/mol. The van der Waals surface area contributed by atoms with Crippen LogP contribution in [0.4, 0.5) is 0 Å². The normalized spacial score (nSPS) is 22.3. The van der Waals surface area contributed by atoms with E-state index in [0.29, 0.717) is 24.0 Å². The van der Waals surface area contributed by atoms with Crippen molar-refractivity contribution in [1.82, 2.24) is 4.90 Å². The van der Waals surface area contributed by atoms with Gasteiger partial charge < -0.3 is 19.5 Å². The fraction of sp³-hybridized carbons (Fsp3) is 0.647. The number of aliphatic hydroxyl groups is 1. The molecule has 2 aliphatic heterocycles. The van der Waals surface area contributed by atoms with Crippen LogP contribution in [0, 0.1) is 5.92 Å². The Kier molecular flexibility index (Phi) is 5.24. The van der Waals surface area contributed by atoms with Gasteiger partial charge in [0.25, 0.3) is 0 Å². The maximum Gasteiger partial charge on any atom is 0.145 e. The van der Waals surface area contributed by atoms with Crippen molar-refractivity contribution in [3.05, 3.63) is 28.8 Å². The van der Waals surface area contributed by atoms with E-state index in [1.54, 1.807) is 0 Å². The lowest BCUT2D eigenvalue weighted by Crippen LogP contribution is -2.38. The highest BCUT2D eigenvalue weighted by atomic mass is 35.5. The number of hydrogen-bond acceptors (Lipinski definition) is 4. The van der Waals surface area contributed by atoms with Crippen LogP contribution in [-0.4, -0.2) is 49.0 Å². The van der Waals surface area contributed by atoms with Crippen molar-refractivity contribution >= 4 is 11.6 Å². The Balaban J connectivity index is 1.61. The summed E-state index contributed by atoms with van der Waals surface area (Å²) in [5, 5.41) is 11.1. The monoisotopic (exact) mass is 325 g/mol. The number of rotatable bonds is 6. The molecule has 3 rings (SSSR count). The molecule has 1 aromatic carbocycles. The second-order valence-corrected chi connectivity index (χ2v) is 6.80. The molecule has 0 spiro atoms. The Hall–Kier alpha value is -0.810. The minimum atomic E-state index is -0.501. The first-order valence-corrected chi connectivity index (χ1v) is 8.45. The Labute approximate surface area is 137 Å². The molecule has 1 unspecified atom stereocenters. The van der Waals surface area contributed by atoms with Crippen LogP contribution < -0.4 is 4.74 Å². The topological polar surface area (TPSA) is 41.9 Å². The Morgan fingerprint density at radius 3 is 2.68 bits per heavy atom. The van der Waals surface area contributed by atoms with Crippen LogP contribution in [0.2, 0.25) is 5.02 Å². The van der Waals surface area contributed by atoms with E-state index in [0.717, 1.165) is 25.2 Å². The summed E-state index contributed by atoms with van der Waals surface area (Å²) in [5.41, 5.74) is 0.855. The molecule has 0 aliphatic carbocycles. The third-order valence-electron chi connectivity index (χ3n) is 4.48. The molecule has 4 nitrogen and oxygen atoms in total. The van der Waals surface area contributed by atoms with E-state index >= 15 is 0 Å². The molecule has 0 radical (unpaired) electrons. The van der Waals surface area contributed by atoms with Gasteiger partial charge in [0.2, 0.25) is 0 Å². The largest absolute Gasteiger partial charge is 0.484 e. The van der Waals surface area contributed by atoms with Crippen LogP contribution in [0.25, 0.3) is 0 Å². The van der Waals surface area contributed by atoms with E-state index in [-0.39, 0.29) is 12.0 Å². The van der Waals surface area contributed by atoms with Crippen molar-refractivity contribution in [2.75, 3.05) is 32.8 Å². The lowest BCUT2D eigenvalue weighted by molar-refractivity contribution is -0.0796. The summed E-state index contributed by atoms with van der Waals surface area (Å²) in [6.45, 7) is 6.55. The maximum absolute atomic E-state index is 10.6. The van der Waals surface area contributed by atoms with Crippen molar-refractivity contribution in [2.24, 2.45) is 5.92 Å². The molecule has 5 heteroatoms. The van der Waals surface area contributed by atoms with Crippen LogP contribution in [0.15, 0.2) is 18.2 Å². The van der Waals surface area contributed by atoms with Crippen LogP contribution >= 0.6 is 11.6 Å². The van der Waals surface area contributed by atoms with Crippen LogP contribution in [0.5, 0.6) is 5.75 Å². The highest BCUT2D eigenvalue weighted by molar-refractivity contribution is 6.32. The number of aliphatic hydroxyl groups excluding tert-OH is 1. The summed E-state index contributed by atoms with van der Waals surface area (Å²) in [6.07, 6.45) is 2.14. The van der Waals surface area contributed by atoms with Crippen molar-refractivity contribution in [1.29, 1.82) is 0 Å². The summed E-state index contributed by atoms with van der Waals surface area (Å²) in [5.74, 6) is 0.846. The van der Waals surface area contributed by atoms with Crippen LogP contribution in [-0.2, 0) is 4.74 Å². The Morgan fingerprint density at radius 1 is 1.36 bits per heavy atom. The third-order valence-corrected chi connectivity index (χ3v) is 4.78. The fourth-order valence-corrected chi connectivity index (χ4v) is 3.29. The third kappa shape index (κ3) is 3.74. The standard InChI is InChI=1S/C17H24ClNO3/c1-12(9-19-6-2-3-7-19)17(20)13-4-5-16(15(18)8-13)22-14-10-21-11-14/h4-5,8,12,14,17,20H,2-3,6-7,9-11H2,1H3/t12-,17?/m1/s1. The van der Waals surface area contributed by atoms with E-state index in [1.807, 2.05) is 18.2 Å². The summed E-state index contributed by atoms with van der Waals surface area (Å²) < 4.78 is 10.8. The zero-order chi connectivity index (χ0) is 15.5. The summed E-state index contributed by atoms with van der Waals surface area (Å²) in [4.78, 5) is 2.42. The molecule has 122 valence electrons. The molecule has 2 saturated heterocycles. The first kappa shape index (κ1) is 16.1. The molecule has 1 aromatic rings. The van der Waals surface area contributed by atoms with Gasteiger partial charge in [-0.3, -0.25) is 0 Å². The van der Waals surface area contributed by atoms with Gasteiger partial charge in [-0.2, -0.15) is 0 Å². The van der Waals surface area contributed by atoms with Crippen molar-refractivity contribution in [3.63, 3.8) is 0 Å².